The number of hydrogen-bond acceptors (Lipinski definition) is 5. The minimum Gasteiger partial charge on any atom is -0.346 e. The molecule has 4 nitrogen and oxygen atoms in total. The van der Waals surface area contributed by atoms with Crippen LogP contribution in [0.3, 0.4) is 0 Å². The predicted molar refractivity (Wildman–Crippen MR) is 89.9 cm³/mol. The molecule has 1 saturated carbocycles. The third kappa shape index (κ3) is 3.10. The van der Waals surface area contributed by atoms with Gasteiger partial charge in [0, 0.05) is 49.8 Å². The quantitative estimate of drug-likeness (QED) is 0.928. The number of hydrogen-bond donors (Lipinski definition) is 1. The van der Waals surface area contributed by atoms with Crippen LogP contribution in [0.4, 0.5) is 5.13 Å². The third-order valence-corrected chi connectivity index (χ3v) is 6.35. The first kappa shape index (κ1) is 15.3. The molecule has 5 heteroatoms. The van der Waals surface area contributed by atoms with E-state index in [2.05, 4.69) is 27.1 Å². The van der Waals surface area contributed by atoms with Crippen molar-refractivity contribution >= 4 is 16.5 Å². The van der Waals surface area contributed by atoms with Crippen LogP contribution in [0.15, 0.2) is 11.6 Å². The van der Waals surface area contributed by atoms with Gasteiger partial charge in [0.2, 0.25) is 0 Å². The fraction of sp³-hybridized carbons (Fsp3) is 0.812. The zero-order chi connectivity index (χ0) is 14.7. The number of aromatic nitrogens is 1. The average molecular weight is 308 g/mol. The summed E-state index contributed by atoms with van der Waals surface area (Å²) in [5, 5.41) is 3.24. The topological polar surface area (TPSA) is 45.4 Å². The summed E-state index contributed by atoms with van der Waals surface area (Å²) < 4.78 is 0. The molecule has 2 aliphatic rings. The van der Waals surface area contributed by atoms with Gasteiger partial charge in [0.25, 0.3) is 0 Å². The Morgan fingerprint density at radius 2 is 2.19 bits per heavy atom. The Hall–Kier alpha value is -0.650. The maximum atomic E-state index is 6.25. The van der Waals surface area contributed by atoms with Crippen LogP contribution >= 0.6 is 11.3 Å². The summed E-state index contributed by atoms with van der Waals surface area (Å²) in [4.78, 5) is 9.56. The van der Waals surface area contributed by atoms with Crippen molar-refractivity contribution in [2.45, 2.75) is 44.6 Å². The molecule has 2 N–H and O–H groups in total. The summed E-state index contributed by atoms with van der Waals surface area (Å²) in [7, 11) is 0. The summed E-state index contributed by atoms with van der Waals surface area (Å²) in [6.45, 7) is 7.59. The Morgan fingerprint density at radius 3 is 2.81 bits per heavy atom. The molecule has 3 rings (SSSR count). The lowest BCUT2D eigenvalue weighted by atomic mass is 9.73. The number of nitrogens with two attached hydrogens (primary N) is 1. The first-order valence-corrected chi connectivity index (χ1v) is 9.25. The van der Waals surface area contributed by atoms with E-state index < -0.39 is 0 Å². The summed E-state index contributed by atoms with van der Waals surface area (Å²) in [6, 6.07) is 0. The van der Waals surface area contributed by atoms with Crippen molar-refractivity contribution in [3.05, 3.63) is 11.6 Å². The molecule has 0 spiro atoms. The monoisotopic (exact) mass is 308 g/mol. The van der Waals surface area contributed by atoms with Crippen LogP contribution in [0.25, 0.3) is 0 Å². The van der Waals surface area contributed by atoms with Gasteiger partial charge >= 0.3 is 0 Å². The molecule has 1 saturated heterocycles. The fourth-order valence-electron chi connectivity index (χ4n) is 4.16. The second-order valence-corrected chi connectivity index (χ2v) is 7.46. The van der Waals surface area contributed by atoms with Gasteiger partial charge in [-0.1, -0.05) is 26.2 Å². The first-order valence-electron chi connectivity index (χ1n) is 8.37. The van der Waals surface area contributed by atoms with Crippen LogP contribution in [0, 0.1) is 5.92 Å². The molecular formula is C16H28N4S. The normalized spacial score (nSPS) is 31.5. The molecular weight excluding hydrogens is 280 g/mol. The van der Waals surface area contributed by atoms with Crippen LogP contribution in [-0.4, -0.2) is 48.1 Å². The van der Waals surface area contributed by atoms with Gasteiger partial charge in [0.1, 0.15) is 0 Å². The van der Waals surface area contributed by atoms with Crippen LogP contribution < -0.4 is 10.6 Å². The van der Waals surface area contributed by atoms with Crippen LogP contribution in [0.5, 0.6) is 0 Å². The molecule has 1 aliphatic heterocycles. The largest absolute Gasteiger partial charge is 0.346 e. The van der Waals surface area contributed by atoms with Crippen molar-refractivity contribution in [3.8, 4) is 0 Å². The highest BCUT2D eigenvalue weighted by Gasteiger charge is 2.40. The summed E-state index contributed by atoms with van der Waals surface area (Å²) in [6.07, 6.45) is 8.55. The SMILES string of the molecule is CCC1CCCC(CN)(N2CCN(c3nccs3)CC2)C1. The second-order valence-electron chi connectivity index (χ2n) is 6.59. The summed E-state index contributed by atoms with van der Waals surface area (Å²) >= 11 is 1.75. The molecule has 0 radical (unpaired) electrons. The average Bonchev–Trinajstić information content (AvgIpc) is 3.09. The van der Waals surface area contributed by atoms with E-state index in [4.69, 9.17) is 5.73 Å². The molecule has 0 bridgehead atoms. The van der Waals surface area contributed by atoms with Gasteiger partial charge in [-0.3, -0.25) is 4.90 Å². The standard InChI is InChI=1S/C16H28N4S/c1-2-14-4-3-5-16(12-14,13-17)20-9-7-19(8-10-20)15-18-6-11-21-15/h6,11,14H,2-5,7-10,12-13,17H2,1H3. The number of piperazine rings is 1. The van der Waals surface area contributed by atoms with Crippen molar-refractivity contribution in [1.29, 1.82) is 0 Å². The highest BCUT2D eigenvalue weighted by molar-refractivity contribution is 7.13. The molecule has 1 aromatic rings. The van der Waals surface area contributed by atoms with E-state index in [0.717, 1.165) is 38.6 Å². The lowest BCUT2D eigenvalue weighted by Gasteiger charge is -2.51. The zero-order valence-electron chi connectivity index (χ0n) is 13.1. The van der Waals surface area contributed by atoms with Gasteiger partial charge in [0.15, 0.2) is 5.13 Å². The Balaban J connectivity index is 1.64. The van der Waals surface area contributed by atoms with Crippen molar-refractivity contribution < 1.29 is 0 Å². The van der Waals surface area contributed by atoms with Crippen LogP contribution in [0.1, 0.15) is 39.0 Å². The minimum atomic E-state index is 0.272. The molecule has 2 fully saturated rings. The molecule has 1 aromatic heterocycles. The highest BCUT2D eigenvalue weighted by atomic mass is 32.1. The maximum Gasteiger partial charge on any atom is 0.185 e. The van der Waals surface area contributed by atoms with E-state index in [0.29, 0.717) is 0 Å². The van der Waals surface area contributed by atoms with Gasteiger partial charge in [-0.05, 0) is 18.8 Å². The number of anilines is 1. The molecule has 2 heterocycles. The molecule has 0 amide bonds. The molecule has 118 valence electrons. The Bertz CT molecular complexity index is 427. The lowest BCUT2D eigenvalue weighted by molar-refractivity contribution is 0.0305. The van der Waals surface area contributed by atoms with E-state index in [1.165, 1.54) is 37.2 Å². The Morgan fingerprint density at radius 1 is 1.38 bits per heavy atom. The van der Waals surface area contributed by atoms with E-state index in [1.54, 1.807) is 11.3 Å². The van der Waals surface area contributed by atoms with Crippen molar-refractivity contribution in [2.75, 3.05) is 37.6 Å². The maximum absolute atomic E-state index is 6.25. The van der Waals surface area contributed by atoms with Crippen LogP contribution in [0.2, 0.25) is 0 Å². The first-order chi connectivity index (χ1) is 10.3. The number of nitrogens with zero attached hydrogens (tertiary/aromatic N) is 3. The van der Waals surface area contributed by atoms with Crippen molar-refractivity contribution in [2.24, 2.45) is 11.7 Å². The van der Waals surface area contributed by atoms with E-state index >= 15 is 0 Å². The molecule has 2 atom stereocenters. The van der Waals surface area contributed by atoms with E-state index in [-0.39, 0.29) is 5.54 Å². The second kappa shape index (κ2) is 6.63. The number of thiazole rings is 1. The van der Waals surface area contributed by atoms with E-state index in [1.807, 2.05) is 6.20 Å². The van der Waals surface area contributed by atoms with Gasteiger partial charge < -0.3 is 10.6 Å². The predicted octanol–water partition coefficient (Wildman–Crippen LogP) is 2.56. The van der Waals surface area contributed by atoms with Gasteiger partial charge in [-0.15, -0.1) is 11.3 Å². The van der Waals surface area contributed by atoms with Crippen LogP contribution in [-0.2, 0) is 0 Å². The smallest absolute Gasteiger partial charge is 0.185 e. The summed E-state index contributed by atoms with van der Waals surface area (Å²) in [5.74, 6) is 0.874. The van der Waals surface area contributed by atoms with Crippen molar-refractivity contribution in [3.63, 3.8) is 0 Å². The number of rotatable bonds is 4. The minimum absolute atomic E-state index is 0.272. The molecule has 2 unspecified atom stereocenters. The van der Waals surface area contributed by atoms with Gasteiger partial charge in [-0.25, -0.2) is 4.98 Å². The van der Waals surface area contributed by atoms with E-state index in [9.17, 15) is 0 Å². The molecule has 1 aliphatic carbocycles. The Labute approximate surface area is 132 Å². The lowest BCUT2D eigenvalue weighted by Crippen LogP contribution is -2.61. The highest BCUT2D eigenvalue weighted by Crippen LogP contribution is 2.38. The zero-order valence-corrected chi connectivity index (χ0v) is 13.9. The Kier molecular flexibility index (Phi) is 4.82. The van der Waals surface area contributed by atoms with Gasteiger partial charge in [0.05, 0.1) is 0 Å². The molecule has 0 aromatic carbocycles. The molecule has 21 heavy (non-hydrogen) atoms. The third-order valence-electron chi connectivity index (χ3n) is 5.52. The summed E-state index contributed by atoms with van der Waals surface area (Å²) in [5.41, 5.74) is 6.52. The fourth-order valence-corrected chi connectivity index (χ4v) is 4.85. The van der Waals surface area contributed by atoms with Gasteiger partial charge in [-0.2, -0.15) is 0 Å². The van der Waals surface area contributed by atoms with Crippen molar-refractivity contribution in [1.82, 2.24) is 9.88 Å².